The van der Waals surface area contributed by atoms with Gasteiger partial charge in [-0.05, 0) is 19.1 Å². The van der Waals surface area contributed by atoms with E-state index in [9.17, 15) is 18.0 Å². The fraction of sp³-hybridized carbons (Fsp3) is 0.273. The predicted octanol–water partition coefficient (Wildman–Crippen LogP) is 4.63. The van der Waals surface area contributed by atoms with Crippen LogP contribution in [0.3, 0.4) is 0 Å². The van der Waals surface area contributed by atoms with Crippen molar-refractivity contribution in [3.63, 3.8) is 0 Å². The summed E-state index contributed by atoms with van der Waals surface area (Å²) in [4.78, 5) is 15.4. The molecule has 2 rings (SSSR count). The van der Waals surface area contributed by atoms with Crippen LogP contribution in [0.15, 0.2) is 17.5 Å². The molecule has 0 N–H and O–H groups in total. The highest BCUT2D eigenvalue weighted by Gasteiger charge is 2.46. The van der Waals surface area contributed by atoms with Gasteiger partial charge < -0.3 is 4.74 Å². The van der Waals surface area contributed by atoms with Crippen molar-refractivity contribution in [2.45, 2.75) is 19.2 Å². The van der Waals surface area contributed by atoms with Gasteiger partial charge in [-0.2, -0.15) is 13.2 Å². The molecule has 0 aliphatic heterocycles. The Hall–Kier alpha value is -1.12. The van der Waals surface area contributed by atoms with Crippen LogP contribution in [-0.4, -0.2) is 17.1 Å². The molecule has 0 aliphatic carbocycles. The van der Waals surface area contributed by atoms with E-state index in [1.807, 2.05) is 0 Å². The summed E-state index contributed by atoms with van der Waals surface area (Å²) >= 11 is 7.28. The number of carbonyl (C=O) groups is 1. The lowest BCUT2D eigenvalue weighted by Crippen LogP contribution is -2.26. The summed E-state index contributed by atoms with van der Waals surface area (Å²) in [5.41, 5.74) is 0.439. The predicted molar refractivity (Wildman–Crippen MR) is 70.4 cm³/mol. The highest BCUT2D eigenvalue weighted by Crippen LogP contribution is 2.38. The molecule has 0 fully saturated rings. The minimum Gasteiger partial charge on any atom is -0.441 e. The molecule has 0 saturated carbocycles. The van der Waals surface area contributed by atoms with Crippen molar-refractivity contribution in [2.75, 3.05) is 0 Å². The van der Waals surface area contributed by atoms with E-state index in [1.165, 1.54) is 17.5 Å². The molecule has 3 nitrogen and oxygen atoms in total. The maximum absolute atomic E-state index is 13.0. The number of hydrogen-bond donors (Lipinski definition) is 0. The molecule has 0 amide bonds. The lowest BCUT2D eigenvalue weighted by molar-refractivity contribution is -0.207. The topological polar surface area (TPSA) is 39.2 Å². The Kier molecular flexibility index (Phi) is 4.36. The fourth-order valence-electron chi connectivity index (χ4n) is 1.34. The lowest BCUT2D eigenvalue weighted by Gasteiger charge is -2.18. The molecule has 0 aliphatic rings. The number of halogens is 4. The number of carbonyl (C=O) groups excluding carboxylic acids is 1. The summed E-state index contributed by atoms with van der Waals surface area (Å²) in [6, 6.07) is 2.73. The van der Waals surface area contributed by atoms with Gasteiger partial charge in [0.05, 0.1) is 4.34 Å². The fourth-order valence-corrected chi connectivity index (χ4v) is 3.11. The number of hydrogen-bond acceptors (Lipinski definition) is 5. The first kappa shape index (κ1) is 15.3. The number of alkyl halides is 3. The number of nitrogens with zero attached hydrogens (tertiary/aromatic N) is 1. The third-order valence-electron chi connectivity index (χ3n) is 2.16. The first-order chi connectivity index (χ1) is 9.27. The molecule has 2 aromatic rings. The molecule has 2 heterocycles. The van der Waals surface area contributed by atoms with Gasteiger partial charge in [-0.3, -0.25) is 0 Å². The zero-order valence-corrected chi connectivity index (χ0v) is 12.3. The van der Waals surface area contributed by atoms with E-state index in [2.05, 4.69) is 9.72 Å². The van der Waals surface area contributed by atoms with Crippen molar-refractivity contribution in [3.05, 3.63) is 37.4 Å². The summed E-state index contributed by atoms with van der Waals surface area (Å²) in [5.74, 6) is -1.07. The van der Waals surface area contributed by atoms with Gasteiger partial charge in [0, 0.05) is 11.1 Å². The molecule has 0 aromatic carbocycles. The minimum atomic E-state index is -4.72. The molecule has 9 heteroatoms. The number of esters is 1. The van der Waals surface area contributed by atoms with Crippen LogP contribution in [0.1, 0.15) is 26.5 Å². The average Bonchev–Trinajstić information content (AvgIpc) is 2.93. The van der Waals surface area contributed by atoms with Crippen molar-refractivity contribution in [1.29, 1.82) is 0 Å². The van der Waals surface area contributed by atoms with Crippen molar-refractivity contribution >= 4 is 40.2 Å². The number of thiophene rings is 1. The highest BCUT2D eigenvalue weighted by molar-refractivity contribution is 7.17. The Morgan fingerprint density at radius 2 is 2.15 bits per heavy atom. The van der Waals surface area contributed by atoms with Crippen LogP contribution in [0.25, 0.3) is 0 Å². The van der Waals surface area contributed by atoms with Crippen LogP contribution in [0.4, 0.5) is 13.2 Å². The van der Waals surface area contributed by atoms with Crippen LogP contribution < -0.4 is 0 Å². The molecule has 0 saturated heterocycles. The van der Waals surface area contributed by atoms with E-state index in [1.54, 1.807) is 6.92 Å². The van der Waals surface area contributed by atoms with Gasteiger partial charge in [-0.25, -0.2) is 9.78 Å². The van der Waals surface area contributed by atoms with Gasteiger partial charge in [-0.1, -0.05) is 11.6 Å². The second kappa shape index (κ2) is 5.71. The highest BCUT2D eigenvalue weighted by atomic mass is 35.5. The molecular formula is C11H7ClF3NO2S2. The van der Waals surface area contributed by atoms with Crippen LogP contribution in [0.2, 0.25) is 4.34 Å². The van der Waals surface area contributed by atoms with E-state index in [0.29, 0.717) is 10.0 Å². The average molecular weight is 342 g/mol. The Morgan fingerprint density at radius 3 is 2.60 bits per heavy atom. The Morgan fingerprint density at radius 1 is 1.45 bits per heavy atom. The van der Waals surface area contributed by atoms with Gasteiger partial charge >= 0.3 is 12.1 Å². The minimum absolute atomic E-state index is 0.0116. The molecule has 0 unspecified atom stereocenters. The van der Waals surface area contributed by atoms with E-state index >= 15 is 0 Å². The third kappa shape index (κ3) is 3.50. The third-order valence-corrected chi connectivity index (χ3v) is 4.37. The largest absolute Gasteiger partial charge is 0.441 e. The summed E-state index contributed by atoms with van der Waals surface area (Å²) in [7, 11) is 0. The number of aryl methyl sites for hydroxylation is 1. The van der Waals surface area contributed by atoms with Crippen molar-refractivity contribution in [2.24, 2.45) is 0 Å². The molecule has 0 spiro atoms. The van der Waals surface area contributed by atoms with E-state index in [4.69, 9.17) is 11.6 Å². The number of rotatable bonds is 3. The Labute approximate surface area is 125 Å². The van der Waals surface area contributed by atoms with Crippen LogP contribution >= 0.6 is 34.3 Å². The maximum atomic E-state index is 13.0. The normalized spacial score (nSPS) is 13.2. The molecule has 1 atom stereocenters. The smallest absolute Gasteiger partial charge is 0.432 e. The van der Waals surface area contributed by atoms with Crippen LogP contribution in [0, 0.1) is 6.92 Å². The molecular weight excluding hydrogens is 335 g/mol. The lowest BCUT2D eigenvalue weighted by atomic mass is 10.3. The van der Waals surface area contributed by atoms with Gasteiger partial charge in [0.15, 0.2) is 0 Å². The summed E-state index contributed by atoms with van der Waals surface area (Å²) in [6.45, 7) is 1.56. The molecule has 20 heavy (non-hydrogen) atoms. The molecule has 0 bridgehead atoms. The van der Waals surface area contributed by atoms with Gasteiger partial charge in [0.1, 0.15) is 9.88 Å². The summed E-state index contributed by atoms with van der Waals surface area (Å²) < 4.78 is 43.7. The summed E-state index contributed by atoms with van der Waals surface area (Å²) in [5, 5.41) is 1.16. The Bertz CT molecular complexity index is 623. The standard InChI is InChI=1S/C11H7ClF3NO2S2/c1-5-4-19-9(16-5)8(11(13,14)15)18-10(17)6-2-3-7(12)20-6/h2-4,8H,1H3/t8-/m0/s1. The first-order valence-corrected chi connectivity index (χ1v) is 7.30. The second-order valence-corrected chi connectivity index (χ2v) is 6.36. The number of aromatic nitrogens is 1. The summed E-state index contributed by atoms with van der Waals surface area (Å²) in [6.07, 6.45) is -7.09. The molecule has 0 radical (unpaired) electrons. The first-order valence-electron chi connectivity index (χ1n) is 5.22. The van der Waals surface area contributed by atoms with E-state index < -0.39 is 18.2 Å². The number of ether oxygens (including phenoxy) is 1. The van der Waals surface area contributed by atoms with E-state index in [0.717, 1.165) is 22.7 Å². The molecule has 108 valence electrons. The van der Waals surface area contributed by atoms with Crippen LogP contribution in [0.5, 0.6) is 0 Å². The second-order valence-electron chi connectivity index (χ2n) is 3.76. The quantitative estimate of drug-likeness (QED) is 0.764. The number of thiazole rings is 1. The molecule has 2 aromatic heterocycles. The monoisotopic (exact) mass is 341 g/mol. The van der Waals surface area contributed by atoms with Crippen molar-refractivity contribution < 1.29 is 22.7 Å². The van der Waals surface area contributed by atoms with Crippen molar-refractivity contribution in [3.8, 4) is 0 Å². The van der Waals surface area contributed by atoms with Gasteiger partial charge in [0.2, 0.25) is 6.10 Å². The van der Waals surface area contributed by atoms with Gasteiger partial charge in [0.25, 0.3) is 0 Å². The Balaban J connectivity index is 2.23. The van der Waals surface area contributed by atoms with E-state index in [-0.39, 0.29) is 9.88 Å². The zero-order valence-electron chi connectivity index (χ0n) is 9.90. The zero-order chi connectivity index (χ0) is 14.9. The SMILES string of the molecule is Cc1csc([C@H](OC(=O)c2ccc(Cl)s2)C(F)(F)F)n1. The van der Waals surface area contributed by atoms with Crippen LogP contribution in [-0.2, 0) is 4.74 Å². The maximum Gasteiger partial charge on any atom is 0.432 e. The van der Waals surface area contributed by atoms with Gasteiger partial charge in [-0.15, -0.1) is 22.7 Å². The van der Waals surface area contributed by atoms with Crippen molar-refractivity contribution in [1.82, 2.24) is 4.98 Å².